The normalized spacial score (nSPS) is 26.2. The van der Waals surface area contributed by atoms with E-state index < -0.39 is 0 Å². The van der Waals surface area contributed by atoms with Crippen LogP contribution in [-0.4, -0.2) is 9.97 Å². The van der Waals surface area contributed by atoms with Crippen molar-refractivity contribution in [2.45, 2.75) is 33.0 Å². The summed E-state index contributed by atoms with van der Waals surface area (Å²) in [5.41, 5.74) is 1.88. The molecule has 0 saturated carbocycles. The molecule has 1 aromatic heterocycles. The standard InChI is InChI=1S/C9H11ClN2O/c1-4-7-8(5(2)13-4)11-6(3)12-9(7)10/h4-5H,1-3H3. The fourth-order valence-electron chi connectivity index (χ4n) is 1.69. The maximum atomic E-state index is 6.00. The molecular formula is C9H11ClN2O. The zero-order chi connectivity index (χ0) is 9.59. The summed E-state index contributed by atoms with van der Waals surface area (Å²) in [6.07, 6.45) is 0.0438. The van der Waals surface area contributed by atoms with Crippen molar-refractivity contribution in [1.29, 1.82) is 0 Å². The van der Waals surface area contributed by atoms with Crippen molar-refractivity contribution in [2.75, 3.05) is 0 Å². The summed E-state index contributed by atoms with van der Waals surface area (Å²) in [5, 5.41) is 0.527. The number of nitrogens with zero attached hydrogens (tertiary/aromatic N) is 2. The number of aryl methyl sites for hydroxylation is 1. The number of aromatic nitrogens is 2. The maximum absolute atomic E-state index is 6.00. The molecule has 1 aliphatic rings. The molecular weight excluding hydrogens is 188 g/mol. The van der Waals surface area contributed by atoms with Gasteiger partial charge in [-0.1, -0.05) is 11.6 Å². The van der Waals surface area contributed by atoms with Crippen molar-refractivity contribution in [3.63, 3.8) is 0 Å². The monoisotopic (exact) mass is 198 g/mol. The number of hydrogen-bond acceptors (Lipinski definition) is 3. The molecule has 3 nitrogen and oxygen atoms in total. The van der Waals surface area contributed by atoms with E-state index in [2.05, 4.69) is 9.97 Å². The van der Waals surface area contributed by atoms with Crippen LogP contribution in [0.15, 0.2) is 0 Å². The Morgan fingerprint density at radius 3 is 2.62 bits per heavy atom. The third kappa shape index (κ3) is 1.32. The molecule has 1 aromatic rings. The molecule has 70 valence electrons. The lowest BCUT2D eigenvalue weighted by Crippen LogP contribution is -1.99. The van der Waals surface area contributed by atoms with Crippen LogP contribution in [0.25, 0.3) is 0 Å². The lowest BCUT2D eigenvalue weighted by atomic mass is 10.1. The maximum Gasteiger partial charge on any atom is 0.138 e. The van der Waals surface area contributed by atoms with E-state index in [1.807, 2.05) is 20.8 Å². The van der Waals surface area contributed by atoms with Gasteiger partial charge in [0.25, 0.3) is 0 Å². The molecule has 0 radical (unpaired) electrons. The molecule has 0 aromatic carbocycles. The van der Waals surface area contributed by atoms with E-state index in [0.717, 1.165) is 11.3 Å². The molecule has 2 rings (SSSR count). The molecule has 4 heteroatoms. The lowest BCUT2D eigenvalue weighted by Gasteiger charge is -2.04. The minimum atomic E-state index is 0.0121. The average Bonchev–Trinajstić information content (AvgIpc) is 2.27. The molecule has 0 fully saturated rings. The average molecular weight is 199 g/mol. The van der Waals surface area contributed by atoms with Gasteiger partial charge in [0, 0.05) is 5.56 Å². The lowest BCUT2D eigenvalue weighted by molar-refractivity contribution is 0.0319. The van der Waals surface area contributed by atoms with Gasteiger partial charge in [-0.2, -0.15) is 0 Å². The molecule has 13 heavy (non-hydrogen) atoms. The van der Waals surface area contributed by atoms with Crippen LogP contribution >= 0.6 is 11.6 Å². The zero-order valence-corrected chi connectivity index (χ0v) is 8.59. The molecule has 0 saturated heterocycles. The van der Waals surface area contributed by atoms with Gasteiger partial charge < -0.3 is 4.74 Å². The van der Waals surface area contributed by atoms with E-state index >= 15 is 0 Å². The van der Waals surface area contributed by atoms with Gasteiger partial charge >= 0.3 is 0 Å². The Kier molecular flexibility index (Phi) is 2.00. The Hall–Kier alpha value is -0.670. The van der Waals surface area contributed by atoms with E-state index in [4.69, 9.17) is 16.3 Å². The van der Waals surface area contributed by atoms with Crippen LogP contribution in [0.2, 0.25) is 5.15 Å². The predicted octanol–water partition coefficient (Wildman–Crippen LogP) is 2.59. The van der Waals surface area contributed by atoms with Gasteiger partial charge in [0.15, 0.2) is 0 Å². The summed E-state index contributed by atoms with van der Waals surface area (Å²) in [4.78, 5) is 8.43. The number of ether oxygens (including phenoxy) is 1. The van der Waals surface area contributed by atoms with Crippen LogP contribution in [0, 0.1) is 6.92 Å². The van der Waals surface area contributed by atoms with Crippen molar-refractivity contribution >= 4 is 11.6 Å². The van der Waals surface area contributed by atoms with E-state index in [0.29, 0.717) is 11.0 Å². The Morgan fingerprint density at radius 1 is 1.23 bits per heavy atom. The molecule has 0 spiro atoms. The minimum absolute atomic E-state index is 0.0121. The van der Waals surface area contributed by atoms with Crippen molar-refractivity contribution < 1.29 is 4.74 Å². The molecule has 0 amide bonds. The van der Waals surface area contributed by atoms with E-state index in [1.54, 1.807) is 0 Å². The smallest absolute Gasteiger partial charge is 0.138 e. The van der Waals surface area contributed by atoms with E-state index in [-0.39, 0.29) is 12.2 Å². The fourth-order valence-corrected chi connectivity index (χ4v) is 2.06. The van der Waals surface area contributed by atoms with E-state index in [9.17, 15) is 0 Å². The number of fused-ring (bicyclic) bond motifs is 1. The number of halogens is 1. The highest BCUT2D eigenvalue weighted by atomic mass is 35.5. The van der Waals surface area contributed by atoms with Gasteiger partial charge in [0.1, 0.15) is 11.0 Å². The SMILES string of the molecule is Cc1nc(Cl)c2c(n1)C(C)OC2C. The molecule has 0 aliphatic carbocycles. The minimum Gasteiger partial charge on any atom is -0.364 e. The Balaban J connectivity index is 2.63. The molecule has 0 bridgehead atoms. The molecule has 2 unspecified atom stereocenters. The predicted molar refractivity (Wildman–Crippen MR) is 49.7 cm³/mol. The quantitative estimate of drug-likeness (QED) is 0.601. The zero-order valence-electron chi connectivity index (χ0n) is 7.84. The summed E-state index contributed by atoms with van der Waals surface area (Å²) in [5.74, 6) is 0.702. The summed E-state index contributed by atoms with van der Waals surface area (Å²) in [6, 6.07) is 0. The van der Waals surface area contributed by atoms with Crippen LogP contribution in [0.3, 0.4) is 0 Å². The topological polar surface area (TPSA) is 35.0 Å². The largest absolute Gasteiger partial charge is 0.364 e. The third-order valence-electron chi connectivity index (χ3n) is 2.24. The van der Waals surface area contributed by atoms with Gasteiger partial charge in [0.2, 0.25) is 0 Å². The van der Waals surface area contributed by atoms with E-state index in [1.165, 1.54) is 0 Å². The van der Waals surface area contributed by atoms with Crippen molar-refractivity contribution in [3.05, 3.63) is 22.2 Å². The fraction of sp³-hybridized carbons (Fsp3) is 0.556. The molecule has 0 N–H and O–H groups in total. The molecule has 2 atom stereocenters. The highest BCUT2D eigenvalue weighted by Gasteiger charge is 2.30. The van der Waals surface area contributed by atoms with Crippen LogP contribution in [0.4, 0.5) is 0 Å². The second kappa shape index (κ2) is 2.93. The van der Waals surface area contributed by atoms with Crippen molar-refractivity contribution in [3.8, 4) is 0 Å². The first-order valence-corrected chi connectivity index (χ1v) is 4.66. The van der Waals surface area contributed by atoms with Crippen LogP contribution in [-0.2, 0) is 4.74 Å². The first kappa shape index (κ1) is 8.91. The van der Waals surface area contributed by atoms with Crippen LogP contribution in [0.1, 0.15) is 43.1 Å². The van der Waals surface area contributed by atoms with Crippen LogP contribution < -0.4 is 0 Å². The number of rotatable bonds is 0. The Labute approximate surface area is 82.1 Å². The second-order valence-corrected chi connectivity index (χ2v) is 3.64. The highest BCUT2D eigenvalue weighted by Crippen LogP contribution is 2.40. The summed E-state index contributed by atoms with van der Waals surface area (Å²) in [7, 11) is 0. The van der Waals surface area contributed by atoms with Gasteiger partial charge in [-0.25, -0.2) is 9.97 Å². The first-order valence-electron chi connectivity index (χ1n) is 4.29. The van der Waals surface area contributed by atoms with Gasteiger partial charge in [-0.3, -0.25) is 0 Å². The van der Waals surface area contributed by atoms with Gasteiger partial charge in [-0.05, 0) is 20.8 Å². The number of hydrogen-bond donors (Lipinski definition) is 0. The van der Waals surface area contributed by atoms with Crippen molar-refractivity contribution in [2.24, 2.45) is 0 Å². The van der Waals surface area contributed by atoms with Gasteiger partial charge in [-0.15, -0.1) is 0 Å². The summed E-state index contributed by atoms with van der Waals surface area (Å²) < 4.78 is 5.58. The Bertz CT molecular complexity index is 354. The molecule has 1 aliphatic heterocycles. The highest BCUT2D eigenvalue weighted by molar-refractivity contribution is 6.30. The first-order chi connectivity index (χ1) is 6.09. The third-order valence-corrected chi connectivity index (χ3v) is 2.53. The van der Waals surface area contributed by atoms with Gasteiger partial charge in [0.05, 0.1) is 17.9 Å². The molecule has 2 heterocycles. The van der Waals surface area contributed by atoms with Crippen LogP contribution in [0.5, 0.6) is 0 Å². The summed E-state index contributed by atoms with van der Waals surface area (Å²) >= 11 is 6.00. The Morgan fingerprint density at radius 2 is 1.92 bits per heavy atom. The summed E-state index contributed by atoms with van der Waals surface area (Å²) in [6.45, 7) is 5.78. The van der Waals surface area contributed by atoms with Crippen molar-refractivity contribution in [1.82, 2.24) is 9.97 Å². The second-order valence-electron chi connectivity index (χ2n) is 3.28.